The lowest BCUT2D eigenvalue weighted by Crippen LogP contribution is -2.23. The highest BCUT2D eigenvalue weighted by molar-refractivity contribution is 5.96. The molecule has 0 fully saturated rings. The minimum absolute atomic E-state index is 0.0593. The Morgan fingerprint density at radius 1 is 0.893 bits per heavy atom. The van der Waals surface area contributed by atoms with Gasteiger partial charge < -0.3 is 20.9 Å². The van der Waals surface area contributed by atoms with Crippen molar-refractivity contribution in [3.8, 4) is 0 Å². The molecule has 7 nitrogen and oxygen atoms in total. The lowest BCUT2D eigenvalue weighted by molar-refractivity contribution is -0.119. The van der Waals surface area contributed by atoms with Gasteiger partial charge >= 0.3 is 0 Å². The van der Waals surface area contributed by atoms with Crippen LogP contribution in [0.15, 0.2) is 48.5 Å². The number of amides is 3. The third-order valence-corrected chi connectivity index (χ3v) is 3.93. The van der Waals surface area contributed by atoms with E-state index in [1.54, 1.807) is 62.6 Å². The van der Waals surface area contributed by atoms with Crippen LogP contribution < -0.4 is 16.0 Å². The van der Waals surface area contributed by atoms with Gasteiger partial charge in [0.15, 0.2) is 0 Å². The predicted octanol–water partition coefficient (Wildman–Crippen LogP) is 3.03. The highest BCUT2D eigenvalue weighted by Crippen LogP contribution is 2.15. The summed E-state index contributed by atoms with van der Waals surface area (Å²) in [5, 5.41) is 8.59. The molecule has 0 saturated heterocycles. The number of nitrogens with zero attached hydrogens (tertiary/aromatic N) is 1. The largest absolute Gasteiger partial charge is 0.376 e. The van der Waals surface area contributed by atoms with E-state index >= 15 is 0 Å². The van der Waals surface area contributed by atoms with E-state index in [2.05, 4.69) is 16.0 Å². The Hall–Kier alpha value is -3.35. The number of carbonyl (C=O) groups excluding carboxylic acids is 3. The molecule has 2 aromatic carbocycles. The van der Waals surface area contributed by atoms with Crippen molar-refractivity contribution >= 4 is 34.8 Å². The van der Waals surface area contributed by atoms with Crippen LogP contribution in [-0.4, -0.2) is 43.3 Å². The van der Waals surface area contributed by atoms with Crippen molar-refractivity contribution in [3.05, 3.63) is 54.1 Å². The Labute approximate surface area is 165 Å². The van der Waals surface area contributed by atoms with Crippen LogP contribution in [0, 0.1) is 5.92 Å². The normalized spacial score (nSPS) is 10.3. The number of nitrogens with one attached hydrogen (secondary N) is 3. The van der Waals surface area contributed by atoms with Gasteiger partial charge in [-0.25, -0.2) is 0 Å². The Bertz CT molecular complexity index is 845. The van der Waals surface area contributed by atoms with Crippen LogP contribution in [0.3, 0.4) is 0 Å². The maximum absolute atomic E-state index is 12.1. The third kappa shape index (κ3) is 6.12. The van der Waals surface area contributed by atoms with E-state index in [-0.39, 0.29) is 30.2 Å². The third-order valence-electron chi connectivity index (χ3n) is 3.93. The first kappa shape index (κ1) is 21.0. The molecule has 0 heterocycles. The number of anilines is 3. The van der Waals surface area contributed by atoms with Crippen molar-refractivity contribution in [2.75, 3.05) is 36.6 Å². The van der Waals surface area contributed by atoms with Crippen LogP contribution in [0.1, 0.15) is 24.2 Å². The molecule has 0 aliphatic rings. The number of carbonyl (C=O) groups is 3. The Balaban J connectivity index is 1.88. The molecule has 0 bridgehead atoms. The standard InChI is InChI=1S/C21H26N4O3/c1-14(2)20(27)24-17-10-8-16(9-11-17)23-19(26)13-22-18-7-5-6-15(12-18)21(28)25(3)4/h5-12,14,22H,13H2,1-4H3,(H,23,26)(H,24,27). The van der Waals surface area contributed by atoms with Gasteiger partial charge in [0.05, 0.1) is 6.54 Å². The molecule has 2 aromatic rings. The summed E-state index contributed by atoms with van der Waals surface area (Å²) >= 11 is 0. The molecule has 0 saturated carbocycles. The van der Waals surface area contributed by atoms with Crippen LogP contribution in [0.2, 0.25) is 0 Å². The van der Waals surface area contributed by atoms with Crippen LogP contribution in [-0.2, 0) is 9.59 Å². The molecule has 3 amide bonds. The molecule has 7 heteroatoms. The van der Waals surface area contributed by atoms with Crippen LogP contribution in [0.4, 0.5) is 17.1 Å². The summed E-state index contributed by atoms with van der Waals surface area (Å²) in [4.78, 5) is 37.3. The monoisotopic (exact) mass is 382 g/mol. The maximum Gasteiger partial charge on any atom is 0.253 e. The number of hydrogen-bond donors (Lipinski definition) is 3. The number of rotatable bonds is 7. The molecule has 148 valence electrons. The van der Waals surface area contributed by atoms with Gasteiger partial charge in [-0.1, -0.05) is 19.9 Å². The zero-order valence-electron chi connectivity index (χ0n) is 16.6. The molecule has 0 aliphatic heterocycles. The SMILES string of the molecule is CC(C)C(=O)Nc1ccc(NC(=O)CNc2cccc(C(=O)N(C)C)c2)cc1. The first-order valence-electron chi connectivity index (χ1n) is 9.02. The van der Waals surface area contributed by atoms with E-state index in [0.29, 0.717) is 22.6 Å². The molecule has 0 aromatic heterocycles. The van der Waals surface area contributed by atoms with E-state index in [1.165, 1.54) is 4.90 Å². The molecule has 2 rings (SSSR count). The highest BCUT2D eigenvalue weighted by Gasteiger charge is 2.09. The van der Waals surface area contributed by atoms with Gasteiger partial charge in [-0.3, -0.25) is 14.4 Å². The fraction of sp³-hybridized carbons (Fsp3) is 0.286. The fourth-order valence-electron chi connectivity index (χ4n) is 2.33. The van der Waals surface area contributed by atoms with Crippen molar-refractivity contribution in [3.63, 3.8) is 0 Å². The molecule has 28 heavy (non-hydrogen) atoms. The topological polar surface area (TPSA) is 90.5 Å². The fourth-order valence-corrected chi connectivity index (χ4v) is 2.33. The number of benzene rings is 2. The minimum atomic E-state index is -0.219. The highest BCUT2D eigenvalue weighted by atomic mass is 16.2. The lowest BCUT2D eigenvalue weighted by atomic mass is 10.2. The van der Waals surface area contributed by atoms with Crippen molar-refractivity contribution in [2.24, 2.45) is 5.92 Å². The maximum atomic E-state index is 12.1. The Kier molecular flexibility index (Phi) is 7.14. The summed E-state index contributed by atoms with van der Waals surface area (Å²) in [5.41, 5.74) is 2.55. The molecule has 0 spiro atoms. The molecule has 0 unspecified atom stereocenters. The van der Waals surface area contributed by atoms with Crippen LogP contribution in [0.5, 0.6) is 0 Å². The van der Waals surface area contributed by atoms with Gasteiger partial charge in [0.25, 0.3) is 5.91 Å². The zero-order chi connectivity index (χ0) is 20.7. The van der Waals surface area contributed by atoms with Gasteiger partial charge in [0, 0.05) is 42.6 Å². The van der Waals surface area contributed by atoms with Gasteiger partial charge in [-0.2, -0.15) is 0 Å². The van der Waals surface area contributed by atoms with Crippen molar-refractivity contribution < 1.29 is 14.4 Å². The summed E-state index contributed by atoms with van der Waals surface area (Å²) < 4.78 is 0. The molecular weight excluding hydrogens is 356 g/mol. The summed E-state index contributed by atoms with van der Waals surface area (Å²) in [6.45, 7) is 3.71. The Morgan fingerprint density at radius 3 is 2.07 bits per heavy atom. The van der Waals surface area contributed by atoms with Crippen LogP contribution in [0.25, 0.3) is 0 Å². The van der Waals surface area contributed by atoms with Crippen LogP contribution >= 0.6 is 0 Å². The van der Waals surface area contributed by atoms with Crippen molar-refractivity contribution in [2.45, 2.75) is 13.8 Å². The average Bonchev–Trinajstić information content (AvgIpc) is 2.67. The smallest absolute Gasteiger partial charge is 0.253 e. The predicted molar refractivity (Wildman–Crippen MR) is 111 cm³/mol. The molecule has 3 N–H and O–H groups in total. The minimum Gasteiger partial charge on any atom is -0.376 e. The van der Waals surface area contributed by atoms with E-state index in [9.17, 15) is 14.4 Å². The van der Waals surface area contributed by atoms with E-state index in [1.807, 2.05) is 13.8 Å². The molecular formula is C21H26N4O3. The number of hydrogen-bond acceptors (Lipinski definition) is 4. The average molecular weight is 382 g/mol. The van der Waals surface area contributed by atoms with Gasteiger partial charge in [0.2, 0.25) is 11.8 Å². The van der Waals surface area contributed by atoms with Crippen molar-refractivity contribution in [1.29, 1.82) is 0 Å². The Morgan fingerprint density at radius 2 is 1.50 bits per heavy atom. The molecule has 0 aliphatic carbocycles. The van der Waals surface area contributed by atoms with Gasteiger partial charge in [-0.15, -0.1) is 0 Å². The van der Waals surface area contributed by atoms with Gasteiger partial charge in [0.1, 0.15) is 0 Å². The summed E-state index contributed by atoms with van der Waals surface area (Å²) in [7, 11) is 3.38. The van der Waals surface area contributed by atoms with Gasteiger partial charge in [-0.05, 0) is 42.5 Å². The molecule has 0 radical (unpaired) electrons. The van der Waals surface area contributed by atoms with Crippen molar-refractivity contribution in [1.82, 2.24) is 4.90 Å². The second kappa shape index (κ2) is 9.55. The zero-order valence-corrected chi connectivity index (χ0v) is 16.6. The molecule has 0 atom stereocenters. The van der Waals surface area contributed by atoms with E-state index in [0.717, 1.165) is 0 Å². The first-order chi connectivity index (χ1) is 13.3. The second-order valence-electron chi connectivity index (χ2n) is 6.90. The first-order valence-corrected chi connectivity index (χ1v) is 9.02. The van der Waals surface area contributed by atoms with E-state index < -0.39 is 0 Å². The summed E-state index contributed by atoms with van der Waals surface area (Å²) in [6.07, 6.45) is 0. The summed E-state index contributed by atoms with van der Waals surface area (Å²) in [6, 6.07) is 13.9. The summed E-state index contributed by atoms with van der Waals surface area (Å²) in [5.74, 6) is -0.478. The quantitative estimate of drug-likeness (QED) is 0.686. The second-order valence-corrected chi connectivity index (χ2v) is 6.90. The lowest BCUT2D eigenvalue weighted by Gasteiger charge is -2.12. The van der Waals surface area contributed by atoms with E-state index in [4.69, 9.17) is 0 Å².